The van der Waals surface area contributed by atoms with Crippen LogP contribution in [0.4, 0.5) is 10.5 Å². The highest BCUT2D eigenvalue weighted by molar-refractivity contribution is 7.89. The van der Waals surface area contributed by atoms with Crippen molar-refractivity contribution in [1.82, 2.24) is 8.87 Å². The molecule has 4 aromatic rings. The minimum absolute atomic E-state index is 0.0163. The van der Waals surface area contributed by atoms with Gasteiger partial charge >= 0.3 is 6.09 Å². The molecule has 0 bridgehead atoms. The van der Waals surface area contributed by atoms with Crippen LogP contribution in [0.15, 0.2) is 77.8 Å². The van der Waals surface area contributed by atoms with Gasteiger partial charge in [-0.2, -0.15) is 0 Å². The van der Waals surface area contributed by atoms with Crippen LogP contribution in [-0.4, -0.2) is 48.9 Å². The molecule has 1 aliphatic rings. The zero-order valence-electron chi connectivity index (χ0n) is 23.3. The molecular formula is C31H31N3O7S. The second kappa shape index (κ2) is 12.1. The average Bonchev–Trinajstić information content (AvgIpc) is 3.62. The standard InChI is InChI=1S/C31H31N3O7S/c1-21-8-3-6-13-29(21)42(38,39)34(30(36)22-9-7-12-26(16-22)40-2)19-23-18-33(20-35)28-15-14-24(17-27(23)28)32-31(37)41-25-10-4-5-11-25/h3,6-9,12-18,20,25H,4-5,10-11,19H2,1-2H3,(H,32,37). The van der Waals surface area contributed by atoms with Gasteiger partial charge < -0.3 is 9.47 Å². The number of amides is 2. The molecule has 0 atom stereocenters. The summed E-state index contributed by atoms with van der Waals surface area (Å²) in [5.74, 6) is -0.370. The molecule has 10 nitrogen and oxygen atoms in total. The molecule has 1 heterocycles. The van der Waals surface area contributed by atoms with Crippen molar-refractivity contribution in [2.75, 3.05) is 12.4 Å². The summed E-state index contributed by atoms with van der Waals surface area (Å²) in [6, 6.07) is 17.6. The second-order valence-corrected chi connectivity index (χ2v) is 12.0. The van der Waals surface area contributed by atoms with Gasteiger partial charge in [-0.05, 0) is 86.2 Å². The first-order chi connectivity index (χ1) is 20.2. The number of benzene rings is 3. The summed E-state index contributed by atoms with van der Waals surface area (Å²) >= 11 is 0. The first-order valence-electron chi connectivity index (χ1n) is 13.5. The molecule has 3 aromatic carbocycles. The number of hydrogen-bond acceptors (Lipinski definition) is 7. The van der Waals surface area contributed by atoms with Crippen LogP contribution < -0.4 is 10.1 Å². The van der Waals surface area contributed by atoms with Gasteiger partial charge in [0.05, 0.1) is 24.1 Å². The first kappa shape index (κ1) is 28.9. The number of nitrogens with one attached hydrogen (secondary N) is 1. The van der Waals surface area contributed by atoms with Crippen LogP contribution in [0, 0.1) is 6.92 Å². The number of aromatic nitrogens is 1. The van der Waals surface area contributed by atoms with Crippen molar-refractivity contribution in [3.63, 3.8) is 0 Å². The summed E-state index contributed by atoms with van der Waals surface area (Å²) in [5.41, 5.74) is 1.86. The number of anilines is 1. The van der Waals surface area contributed by atoms with Crippen LogP contribution in [0.2, 0.25) is 0 Å². The van der Waals surface area contributed by atoms with E-state index in [1.807, 2.05) is 0 Å². The third-order valence-electron chi connectivity index (χ3n) is 7.37. The lowest BCUT2D eigenvalue weighted by Crippen LogP contribution is -2.36. The lowest BCUT2D eigenvalue weighted by Gasteiger charge is -2.23. The van der Waals surface area contributed by atoms with Gasteiger partial charge in [-0.1, -0.05) is 24.3 Å². The van der Waals surface area contributed by atoms with Crippen LogP contribution in [0.3, 0.4) is 0 Å². The highest BCUT2D eigenvalue weighted by Gasteiger charge is 2.32. The van der Waals surface area contributed by atoms with Crippen molar-refractivity contribution >= 4 is 45.0 Å². The maximum absolute atomic E-state index is 14.0. The molecular weight excluding hydrogens is 558 g/mol. The summed E-state index contributed by atoms with van der Waals surface area (Å²) in [4.78, 5) is 38.3. The van der Waals surface area contributed by atoms with E-state index >= 15 is 0 Å². The summed E-state index contributed by atoms with van der Waals surface area (Å²) in [7, 11) is -2.90. The van der Waals surface area contributed by atoms with Gasteiger partial charge in [0.2, 0.25) is 6.41 Å². The number of fused-ring (bicyclic) bond motifs is 1. The Kier molecular flexibility index (Phi) is 8.30. The molecule has 0 radical (unpaired) electrons. The number of nitrogens with zero attached hydrogens (tertiary/aromatic N) is 2. The van der Waals surface area contributed by atoms with Crippen molar-refractivity contribution in [3.05, 3.63) is 89.6 Å². The maximum Gasteiger partial charge on any atom is 0.411 e. The predicted octanol–water partition coefficient (Wildman–Crippen LogP) is 5.52. The number of aryl methyl sites for hydroxylation is 1. The minimum atomic E-state index is -4.35. The summed E-state index contributed by atoms with van der Waals surface area (Å²) < 4.78 is 40.9. The first-order valence-corrected chi connectivity index (χ1v) is 15.0. The van der Waals surface area contributed by atoms with Gasteiger partial charge in [-0.15, -0.1) is 0 Å². The van der Waals surface area contributed by atoms with Crippen molar-refractivity contribution in [1.29, 1.82) is 0 Å². The molecule has 0 saturated heterocycles. The number of rotatable bonds is 9. The molecule has 42 heavy (non-hydrogen) atoms. The van der Waals surface area contributed by atoms with Gasteiger partial charge in [0, 0.05) is 22.8 Å². The summed E-state index contributed by atoms with van der Waals surface area (Å²) in [5, 5.41) is 3.21. The zero-order valence-corrected chi connectivity index (χ0v) is 24.1. The Morgan fingerprint density at radius 2 is 1.81 bits per heavy atom. The smallest absolute Gasteiger partial charge is 0.411 e. The molecule has 1 aliphatic carbocycles. The molecule has 2 amide bonds. The van der Waals surface area contributed by atoms with Crippen LogP contribution in [-0.2, 0) is 26.1 Å². The Morgan fingerprint density at radius 3 is 2.52 bits per heavy atom. The molecule has 1 saturated carbocycles. The summed E-state index contributed by atoms with van der Waals surface area (Å²) in [6.45, 7) is 1.28. The van der Waals surface area contributed by atoms with Crippen LogP contribution in [0.5, 0.6) is 5.75 Å². The number of sulfonamides is 1. The molecule has 1 N–H and O–H groups in total. The fourth-order valence-electron chi connectivity index (χ4n) is 5.21. The van der Waals surface area contributed by atoms with E-state index in [4.69, 9.17) is 9.47 Å². The van der Waals surface area contributed by atoms with Gasteiger partial charge in [-0.25, -0.2) is 17.5 Å². The molecule has 0 aliphatic heterocycles. The highest BCUT2D eigenvalue weighted by atomic mass is 32.2. The fraction of sp³-hybridized carbons (Fsp3) is 0.258. The Morgan fingerprint density at radius 1 is 1.05 bits per heavy atom. The minimum Gasteiger partial charge on any atom is -0.497 e. The largest absolute Gasteiger partial charge is 0.497 e. The number of methoxy groups -OCH3 is 1. The number of hydrogen-bond donors (Lipinski definition) is 1. The molecule has 0 unspecified atom stereocenters. The fourth-order valence-corrected chi connectivity index (χ4v) is 6.80. The van der Waals surface area contributed by atoms with E-state index in [1.165, 1.54) is 36.1 Å². The molecule has 11 heteroatoms. The van der Waals surface area contributed by atoms with E-state index in [1.54, 1.807) is 55.5 Å². The predicted molar refractivity (Wildman–Crippen MR) is 158 cm³/mol. The molecule has 218 valence electrons. The Bertz CT molecular complexity index is 1760. The quantitative estimate of drug-likeness (QED) is 0.255. The van der Waals surface area contributed by atoms with E-state index in [2.05, 4.69) is 5.32 Å². The lowest BCUT2D eigenvalue weighted by atomic mass is 10.1. The molecule has 0 spiro atoms. The highest BCUT2D eigenvalue weighted by Crippen LogP contribution is 2.30. The van der Waals surface area contributed by atoms with Crippen LogP contribution in [0.25, 0.3) is 10.9 Å². The molecule has 1 aromatic heterocycles. The topological polar surface area (TPSA) is 124 Å². The Balaban J connectivity index is 1.55. The normalized spacial score (nSPS) is 13.6. The maximum atomic E-state index is 14.0. The third-order valence-corrected chi connectivity index (χ3v) is 9.26. The van der Waals surface area contributed by atoms with Crippen molar-refractivity contribution < 1.29 is 32.3 Å². The Labute approximate surface area is 243 Å². The van der Waals surface area contributed by atoms with E-state index in [0.717, 1.165) is 30.0 Å². The van der Waals surface area contributed by atoms with Gasteiger partial charge in [0.15, 0.2) is 0 Å². The molecule has 5 rings (SSSR count). The van der Waals surface area contributed by atoms with E-state index in [-0.39, 0.29) is 23.1 Å². The van der Waals surface area contributed by atoms with Crippen LogP contribution >= 0.6 is 0 Å². The number of ether oxygens (including phenoxy) is 2. The molecule has 1 fully saturated rings. The third kappa shape index (κ3) is 5.87. The Hall–Kier alpha value is -4.64. The van der Waals surface area contributed by atoms with Crippen molar-refractivity contribution in [2.45, 2.75) is 50.2 Å². The average molecular weight is 590 g/mol. The van der Waals surface area contributed by atoms with E-state index in [9.17, 15) is 22.8 Å². The van der Waals surface area contributed by atoms with Gasteiger partial charge in [0.1, 0.15) is 11.9 Å². The van der Waals surface area contributed by atoms with Gasteiger partial charge in [-0.3, -0.25) is 19.5 Å². The summed E-state index contributed by atoms with van der Waals surface area (Å²) in [6.07, 6.45) is 5.05. The van der Waals surface area contributed by atoms with Crippen molar-refractivity contribution in [3.8, 4) is 5.75 Å². The van der Waals surface area contributed by atoms with Crippen molar-refractivity contribution in [2.24, 2.45) is 0 Å². The monoisotopic (exact) mass is 589 g/mol. The second-order valence-electron chi connectivity index (χ2n) is 10.2. The van der Waals surface area contributed by atoms with E-state index < -0.39 is 22.0 Å². The lowest BCUT2D eigenvalue weighted by molar-refractivity contribution is 0.0854. The van der Waals surface area contributed by atoms with Gasteiger partial charge in [0.25, 0.3) is 15.9 Å². The number of carbonyl (C=O) groups excluding carboxylic acids is 3. The zero-order chi connectivity index (χ0) is 29.9. The van der Waals surface area contributed by atoms with E-state index in [0.29, 0.717) is 39.9 Å². The number of carbonyl (C=O) groups is 3. The van der Waals surface area contributed by atoms with Crippen LogP contribution in [0.1, 0.15) is 47.2 Å². The SMILES string of the molecule is COc1cccc(C(=O)N(Cc2cn(C=O)c3ccc(NC(=O)OC4CCCC4)cc23)S(=O)(=O)c2ccccc2C)c1.